The molecule has 1 aliphatic heterocycles. The van der Waals surface area contributed by atoms with Gasteiger partial charge >= 0.3 is 0 Å². The summed E-state index contributed by atoms with van der Waals surface area (Å²) in [6.07, 6.45) is 10.1. The lowest BCUT2D eigenvalue weighted by Crippen LogP contribution is -2.52. The summed E-state index contributed by atoms with van der Waals surface area (Å²) in [5.41, 5.74) is -0.136. The van der Waals surface area contributed by atoms with Gasteiger partial charge in [0.05, 0.1) is 5.54 Å². The fourth-order valence-electron chi connectivity index (χ4n) is 3.36. The Bertz CT molecular complexity index is 239. The molecule has 1 fully saturated rings. The summed E-state index contributed by atoms with van der Waals surface area (Å²) in [5, 5.41) is 0. The maximum Gasteiger partial charge on any atom is 0.153 e. The van der Waals surface area contributed by atoms with Crippen molar-refractivity contribution in [3.63, 3.8) is 0 Å². The standard InChI is InChI=1S/C16H31NO/c1-4-7-8-9-12-15(18)16(5-2,6-3)17-13-10-11-14-17/h4-14H2,1-3H3. The molecule has 0 unspecified atom stereocenters. The Labute approximate surface area is 113 Å². The number of nitrogens with zero attached hydrogens (tertiary/aromatic N) is 1. The topological polar surface area (TPSA) is 20.3 Å². The summed E-state index contributed by atoms with van der Waals surface area (Å²) in [6, 6.07) is 0. The second kappa shape index (κ2) is 7.93. The third kappa shape index (κ3) is 3.57. The molecule has 1 saturated heterocycles. The van der Waals surface area contributed by atoms with E-state index in [4.69, 9.17) is 0 Å². The van der Waals surface area contributed by atoms with Gasteiger partial charge in [0.25, 0.3) is 0 Å². The van der Waals surface area contributed by atoms with E-state index in [0.717, 1.165) is 38.8 Å². The van der Waals surface area contributed by atoms with E-state index in [0.29, 0.717) is 5.78 Å². The van der Waals surface area contributed by atoms with Crippen LogP contribution < -0.4 is 0 Å². The van der Waals surface area contributed by atoms with Gasteiger partial charge < -0.3 is 0 Å². The highest BCUT2D eigenvalue weighted by atomic mass is 16.1. The SMILES string of the molecule is CCCCCCC(=O)C(CC)(CC)N1CCCC1. The average Bonchev–Trinajstić information content (AvgIpc) is 2.91. The van der Waals surface area contributed by atoms with E-state index in [1.54, 1.807) is 0 Å². The van der Waals surface area contributed by atoms with Gasteiger partial charge in [-0.2, -0.15) is 0 Å². The van der Waals surface area contributed by atoms with Crippen LogP contribution in [0.25, 0.3) is 0 Å². The summed E-state index contributed by atoms with van der Waals surface area (Å²) in [6.45, 7) is 8.84. The minimum Gasteiger partial charge on any atom is -0.298 e. The molecule has 0 saturated carbocycles. The van der Waals surface area contributed by atoms with Crippen molar-refractivity contribution >= 4 is 5.78 Å². The van der Waals surface area contributed by atoms with Crippen LogP contribution in [-0.2, 0) is 4.79 Å². The molecule has 0 spiro atoms. The summed E-state index contributed by atoms with van der Waals surface area (Å²) in [4.78, 5) is 15.1. The van der Waals surface area contributed by atoms with Crippen LogP contribution in [-0.4, -0.2) is 29.3 Å². The average molecular weight is 253 g/mol. The van der Waals surface area contributed by atoms with E-state index >= 15 is 0 Å². The number of Topliss-reactive ketones (excluding diaryl/α,β-unsaturated/α-hetero) is 1. The zero-order valence-corrected chi connectivity index (χ0v) is 12.6. The van der Waals surface area contributed by atoms with Crippen LogP contribution in [0.5, 0.6) is 0 Å². The van der Waals surface area contributed by atoms with Crippen molar-refractivity contribution in [2.45, 2.75) is 84.1 Å². The molecular formula is C16H31NO. The molecule has 0 radical (unpaired) electrons. The first-order valence-electron chi connectivity index (χ1n) is 7.99. The molecule has 0 aromatic heterocycles. The number of rotatable bonds is 9. The Hall–Kier alpha value is -0.370. The summed E-state index contributed by atoms with van der Waals surface area (Å²) in [5.74, 6) is 0.505. The van der Waals surface area contributed by atoms with Crippen LogP contribution in [0.4, 0.5) is 0 Å². The van der Waals surface area contributed by atoms with E-state index in [-0.39, 0.29) is 5.54 Å². The fourth-order valence-corrected chi connectivity index (χ4v) is 3.36. The van der Waals surface area contributed by atoms with Gasteiger partial charge in [0.1, 0.15) is 0 Å². The lowest BCUT2D eigenvalue weighted by Gasteiger charge is -2.39. The zero-order chi connectivity index (χ0) is 13.4. The van der Waals surface area contributed by atoms with Gasteiger partial charge in [0.15, 0.2) is 5.78 Å². The first kappa shape index (κ1) is 15.7. The van der Waals surface area contributed by atoms with Gasteiger partial charge in [0.2, 0.25) is 0 Å². The number of carbonyl (C=O) groups excluding carboxylic acids is 1. The fraction of sp³-hybridized carbons (Fsp3) is 0.938. The largest absolute Gasteiger partial charge is 0.298 e. The molecule has 0 N–H and O–H groups in total. The van der Waals surface area contributed by atoms with Crippen molar-refractivity contribution < 1.29 is 4.79 Å². The number of hydrogen-bond acceptors (Lipinski definition) is 2. The van der Waals surface area contributed by atoms with Crippen molar-refractivity contribution in [2.24, 2.45) is 0 Å². The Morgan fingerprint density at radius 3 is 2.11 bits per heavy atom. The minimum atomic E-state index is -0.136. The first-order chi connectivity index (χ1) is 8.71. The molecule has 0 atom stereocenters. The van der Waals surface area contributed by atoms with Crippen LogP contribution >= 0.6 is 0 Å². The summed E-state index contributed by atoms with van der Waals surface area (Å²) in [7, 11) is 0. The molecule has 1 aliphatic rings. The third-order valence-corrected chi connectivity index (χ3v) is 4.66. The molecular weight excluding hydrogens is 222 g/mol. The van der Waals surface area contributed by atoms with Gasteiger partial charge in [-0.05, 0) is 45.2 Å². The number of likely N-dealkylation sites (tertiary alicyclic amines) is 1. The molecule has 18 heavy (non-hydrogen) atoms. The highest BCUT2D eigenvalue weighted by Gasteiger charge is 2.40. The second-order valence-electron chi connectivity index (χ2n) is 5.67. The summed E-state index contributed by atoms with van der Waals surface area (Å²) >= 11 is 0. The van der Waals surface area contributed by atoms with E-state index < -0.39 is 0 Å². The Balaban J connectivity index is 2.56. The quantitative estimate of drug-likeness (QED) is 0.575. The Morgan fingerprint density at radius 1 is 1.00 bits per heavy atom. The van der Waals surface area contributed by atoms with Crippen molar-refractivity contribution in [1.29, 1.82) is 0 Å². The van der Waals surface area contributed by atoms with E-state index in [1.165, 1.54) is 32.1 Å². The molecule has 0 aromatic carbocycles. The van der Waals surface area contributed by atoms with Gasteiger partial charge in [-0.25, -0.2) is 0 Å². The highest BCUT2D eigenvalue weighted by molar-refractivity contribution is 5.88. The smallest absolute Gasteiger partial charge is 0.153 e. The van der Waals surface area contributed by atoms with Gasteiger partial charge in [-0.15, -0.1) is 0 Å². The minimum absolute atomic E-state index is 0.136. The number of ketones is 1. The number of hydrogen-bond donors (Lipinski definition) is 0. The molecule has 0 aromatic rings. The van der Waals surface area contributed by atoms with Crippen LogP contribution in [0.1, 0.15) is 78.6 Å². The van der Waals surface area contributed by atoms with Crippen molar-refractivity contribution in [3.05, 3.63) is 0 Å². The van der Waals surface area contributed by atoms with Crippen LogP contribution in [0.2, 0.25) is 0 Å². The second-order valence-corrected chi connectivity index (χ2v) is 5.67. The van der Waals surface area contributed by atoms with Crippen molar-refractivity contribution in [2.75, 3.05) is 13.1 Å². The zero-order valence-electron chi connectivity index (χ0n) is 12.6. The van der Waals surface area contributed by atoms with Crippen molar-refractivity contribution in [1.82, 2.24) is 4.90 Å². The van der Waals surface area contributed by atoms with E-state index in [9.17, 15) is 4.79 Å². The summed E-state index contributed by atoms with van der Waals surface area (Å²) < 4.78 is 0. The van der Waals surface area contributed by atoms with Gasteiger partial charge in [-0.1, -0.05) is 40.0 Å². The molecule has 0 bridgehead atoms. The van der Waals surface area contributed by atoms with Gasteiger partial charge in [0, 0.05) is 6.42 Å². The van der Waals surface area contributed by atoms with Crippen LogP contribution in [0.3, 0.4) is 0 Å². The Kier molecular flexibility index (Phi) is 6.91. The molecule has 0 aliphatic carbocycles. The number of carbonyl (C=O) groups is 1. The maximum atomic E-state index is 12.6. The highest BCUT2D eigenvalue weighted by Crippen LogP contribution is 2.30. The first-order valence-corrected chi connectivity index (χ1v) is 7.99. The lowest BCUT2D eigenvalue weighted by atomic mass is 9.83. The monoisotopic (exact) mass is 253 g/mol. The van der Waals surface area contributed by atoms with Crippen LogP contribution in [0.15, 0.2) is 0 Å². The molecule has 2 heteroatoms. The Morgan fingerprint density at radius 2 is 1.61 bits per heavy atom. The molecule has 1 heterocycles. The normalized spacial score (nSPS) is 17.3. The molecule has 2 nitrogen and oxygen atoms in total. The third-order valence-electron chi connectivity index (χ3n) is 4.66. The predicted molar refractivity (Wildman–Crippen MR) is 77.9 cm³/mol. The van der Waals surface area contributed by atoms with E-state index in [1.807, 2.05) is 0 Å². The molecule has 0 amide bonds. The predicted octanol–water partition coefficient (Wildman–Crippen LogP) is 4.18. The molecule has 106 valence electrons. The van der Waals surface area contributed by atoms with Crippen molar-refractivity contribution in [3.8, 4) is 0 Å². The van der Waals surface area contributed by atoms with Crippen LogP contribution in [0, 0.1) is 0 Å². The van der Waals surface area contributed by atoms with Gasteiger partial charge in [-0.3, -0.25) is 9.69 Å². The molecule has 1 rings (SSSR count). The lowest BCUT2D eigenvalue weighted by molar-refractivity contribution is -0.131. The number of unbranched alkanes of at least 4 members (excludes halogenated alkanes) is 3. The van der Waals surface area contributed by atoms with E-state index in [2.05, 4.69) is 25.7 Å². The maximum absolute atomic E-state index is 12.6.